The summed E-state index contributed by atoms with van der Waals surface area (Å²) in [6.45, 7) is 19.3. The summed E-state index contributed by atoms with van der Waals surface area (Å²) in [6.07, 6.45) is 7.36. The number of Topliss-reactive ketones (excluding diaryl/α,β-unsaturated/α-hetero) is 2. The molecule has 0 bridgehead atoms. The van der Waals surface area contributed by atoms with Crippen molar-refractivity contribution in [3.63, 3.8) is 0 Å². The first-order valence-corrected chi connectivity index (χ1v) is 10.2. The van der Waals surface area contributed by atoms with E-state index >= 15 is 0 Å². The molecule has 0 heterocycles. The van der Waals surface area contributed by atoms with Gasteiger partial charge in [-0.05, 0) is 36.5 Å². The maximum Gasteiger partial charge on any atom is 0.138 e. The Morgan fingerprint density at radius 2 is 1.04 bits per heavy atom. The predicted molar refractivity (Wildman–Crippen MR) is 109 cm³/mol. The quantitative estimate of drug-likeness (QED) is 0.397. The van der Waals surface area contributed by atoms with Gasteiger partial charge >= 0.3 is 0 Å². The molecule has 0 rings (SSSR count). The average molecular weight is 353 g/mol. The zero-order valence-corrected chi connectivity index (χ0v) is 18.6. The van der Waals surface area contributed by atoms with Crippen LogP contribution in [-0.2, 0) is 9.59 Å². The van der Waals surface area contributed by atoms with Crippen molar-refractivity contribution in [1.29, 1.82) is 0 Å². The summed E-state index contributed by atoms with van der Waals surface area (Å²) in [5.74, 6) is 0.970. The normalized spacial score (nSPS) is 13.4. The Kier molecular flexibility index (Phi) is 9.62. The van der Waals surface area contributed by atoms with Crippen LogP contribution in [0, 0.1) is 22.2 Å². The highest BCUT2D eigenvalue weighted by Crippen LogP contribution is 2.34. The van der Waals surface area contributed by atoms with E-state index in [1.54, 1.807) is 0 Å². The second-order valence-corrected chi connectivity index (χ2v) is 11.3. The van der Waals surface area contributed by atoms with E-state index < -0.39 is 0 Å². The van der Waals surface area contributed by atoms with E-state index in [2.05, 4.69) is 41.5 Å². The molecule has 0 saturated heterocycles. The third kappa shape index (κ3) is 13.2. The van der Waals surface area contributed by atoms with Gasteiger partial charge in [-0.3, -0.25) is 9.59 Å². The first kappa shape index (κ1) is 24.3. The third-order valence-electron chi connectivity index (χ3n) is 4.59. The highest BCUT2D eigenvalue weighted by atomic mass is 16.1. The van der Waals surface area contributed by atoms with Crippen molar-refractivity contribution in [2.24, 2.45) is 22.2 Å². The van der Waals surface area contributed by atoms with Crippen molar-refractivity contribution in [3.05, 3.63) is 0 Å². The topological polar surface area (TPSA) is 34.1 Å². The molecule has 0 aliphatic carbocycles. The molecule has 0 N–H and O–H groups in total. The first-order chi connectivity index (χ1) is 11.1. The number of hydrogen-bond donors (Lipinski definition) is 0. The van der Waals surface area contributed by atoms with Crippen LogP contribution in [0.1, 0.15) is 114 Å². The van der Waals surface area contributed by atoms with Gasteiger partial charge in [0, 0.05) is 24.2 Å². The minimum absolute atomic E-state index is 0.183. The fourth-order valence-corrected chi connectivity index (χ4v) is 3.30. The molecule has 2 nitrogen and oxygen atoms in total. The number of hydrogen-bond acceptors (Lipinski definition) is 2. The summed E-state index contributed by atoms with van der Waals surface area (Å²) in [5, 5.41) is 0. The van der Waals surface area contributed by atoms with Gasteiger partial charge in [0.15, 0.2) is 0 Å². The molecular formula is C23H44O2. The van der Waals surface area contributed by atoms with E-state index in [1.807, 2.05) is 20.8 Å². The number of rotatable bonds is 10. The van der Waals surface area contributed by atoms with Crippen LogP contribution in [0.5, 0.6) is 0 Å². The molecular weight excluding hydrogens is 308 g/mol. The predicted octanol–water partition coefficient (Wildman–Crippen LogP) is 7.00. The summed E-state index contributed by atoms with van der Waals surface area (Å²) in [7, 11) is 0. The molecule has 0 atom stereocenters. The maximum absolute atomic E-state index is 12.7. The third-order valence-corrected chi connectivity index (χ3v) is 4.59. The molecule has 0 aromatic rings. The van der Waals surface area contributed by atoms with E-state index in [1.165, 1.54) is 0 Å². The Balaban J connectivity index is 4.24. The van der Waals surface area contributed by atoms with Crippen molar-refractivity contribution in [1.82, 2.24) is 0 Å². The standard InChI is InChI=1S/C23H44O2/c1-21(2,3)16-18(17-22(4,5)6)19(24)14-12-10-11-13-15-20(25)23(7,8)9/h18H,10-17H2,1-9H3. The molecule has 0 amide bonds. The van der Waals surface area contributed by atoms with Crippen LogP contribution in [0.4, 0.5) is 0 Å². The average Bonchev–Trinajstić information content (AvgIpc) is 2.37. The van der Waals surface area contributed by atoms with Crippen molar-refractivity contribution in [2.75, 3.05) is 0 Å². The summed E-state index contributed by atoms with van der Waals surface area (Å²) in [5.41, 5.74) is 0.168. The molecule has 0 aromatic heterocycles. The summed E-state index contributed by atoms with van der Waals surface area (Å²) in [4.78, 5) is 24.6. The van der Waals surface area contributed by atoms with Crippen LogP contribution in [-0.4, -0.2) is 11.6 Å². The minimum atomic E-state index is -0.219. The van der Waals surface area contributed by atoms with E-state index in [-0.39, 0.29) is 22.2 Å². The van der Waals surface area contributed by atoms with E-state index in [4.69, 9.17) is 0 Å². The SMILES string of the molecule is CC(C)(C)CC(CC(C)(C)C)C(=O)CCCCCCC(=O)C(C)(C)C. The van der Waals surface area contributed by atoms with Crippen LogP contribution in [0.25, 0.3) is 0 Å². The highest BCUT2D eigenvalue weighted by Gasteiger charge is 2.28. The monoisotopic (exact) mass is 352 g/mol. The lowest BCUT2D eigenvalue weighted by Crippen LogP contribution is -2.25. The Hall–Kier alpha value is -0.660. The van der Waals surface area contributed by atoms with Gasteiger partial charge in [-0.2, -0.15) is 0 Å². The second-order valence-electron chi connectivity index (χ2n) is 11.3. The molecule has 25 heavy (non-hydrogen) atoms. The van der Waals surface area contributed by atoms with Gasteiger partial charge in [0.1, 0.15) is 11.6 Å². The number of carbonyl (C=O) groups excluding carboxylic acids is 2. The molecule has 0 radical (unpaired) electrons. The van der Waals surface area contributed by atoms with Gasteiger partial charge in [-0.1, -0.05) is 75.2 Å². The smallest absolute Gasteiger partial charge is 0.138 e. The molecule has 148 valence electrons. The van der Waals surface area contributed by atoms with Gasteiger partial charge in [-0.15, -0.1) is 0 Å². The fourth-order valence-electron chi connectivity index (χ4n) is 3.30. The van der Waals surface area contributed by atoms with Crippen molar-refractivity contribution < 1.29 is 9.59 Å². The lowest BCUT2D eigenvalue weighted by Gasteiger charge is -2.30. The van der Waals surface area contributed by atoms with Gasteiger partial charge < -0.3 is 0 Å². The molecule has 0 spiro atoms. The minimum Gasteiger partial charge on any atom is -0.299 e. The van der Waals surface area contributed by atoms with E-state index in [0.717, 1.165) is 38.5 Å². The summed E-state index contributed by atoms with van der Waals surface area (Å²) >= 11 is 0. The highest BCUT2D eigenvalue weighted by molar-refractivity contribution is 5.83. The van der Waals surface area contributed by atoms with Gasteiger partial charge in [0.25, 0.3) is 0 Å². The molecule has 0 aliphatic rings. The van der Waals surface area contributed by atoms with Gasteiger partial charge in [0.05, 0.1) is 0 Å². The first-order valence-electron chi connectivity index (χ1n) is 10.2. The molecule has 0 saturated carbocycles. The lowest BCUT2D eigenvalue weighted by molar-refractivity contribution is -0.126. The van der Waals surface area contributed by atoms with Crippen LogP contribution in [0.3, 0.4) is 0 Å². The summed E-state index contributed by atoms with van der Waals surface area (Å²) in [6, 6.07) is 0. The van der Waals surface area contributed by atoms with E-state index in [9.17, 15) is 9.59 Å². The molecule has 0 aliphatic heterocycles. The van der Waals surface area contributed by atoms with Gasteiger partial charge in [-0.25, -0.2) is 0 Å². The lowest BCUT2D eigenvalue weighted by atomic mass is 9.74. The zero-order valence-electron chi connectivity index (χ0n) is 18.6. The number of ketones is 2. The van der Waals surface area contributed by atoms with Crippen molar-refractivity contribution in [3.8, 4) is 0 Å². The number of unbranched alkanes of at least 4 members (excludes halogenated alkanes) is 3. The van der Waals surface area contributed by atoms with Gasteiger partial charge in [0.2, 0.25) is 0 Å². The molecule has 2 heteroatoms. The Morgan fingerprint density at radius 3 is 1.40 bits per heavy atom. The number of carbonyl (C=O) groups is 2. The Bertz CT molecular complexity index is 397. The maximum atomic E-state index is 12.7. The van der Waals surface area contributed by atoms with Crippen molar-refractivity contribution >= 4 is 11.6 Å². The summed E-state index contributed by atoms with van der Waals surface area (Å²) < 4.78 is 0. The second kappa shape index (κ2) is 9.88. The Labute approximate surface area is 157 Å². The van der Waals surface area contributed by atoms with E-state index in [0.29, 0.717) is 24.4 Å². The zero-order chi connectivity index (χ0) is 19.9. The molecule has 0 unspecified atom stereocenters. The van der Waals surface area contributed by atoms with Crippen LogP contribution < -0.4 is 0 Å². The molecule has 0 fully saturated rings. The van der Waals surface area contributed by atoms with Crippen LogP contribution in [0.15, 0.2) is 0 Å². The largest absolute Gasteiger partial charge is 0.299 e. The fraction of sp³-hybridized carbons (Fsp3) is 0.913. The van der Waals surface area contributed by atoms with Crippen molar-refractivity contribution in [2.45, 2.75) is 114 Å². The van der Waals surface area contributed by atoms with Crippen LogP contribution >= 0.6 is 0 Å². The van der Waals surface area contributed by atoms with Crippen LogP contribution in [0.2, 0.25) is 0 Å². The Morgan fingerprint density at radius 1 is 0.640 bits per heavy atom. The molecule has 0 aromatic carbocycles.